The van der Waals surface area contributed by atoms with Crippen molar-refractivity contribution in [2.75, 3.05) is 0 Å². The Labute approximate surface area is 225 Å². The predicted octanol–water partition coefficient (Wildman–Crippen LogP) is 5.60. The van der Waals surface area contributed by atoms with E-state index in [1.165, 1.54) is 42.6 Å². The predicted molar refractivity (Wildman–Crippen MR) is 128 cm³/mol. The van der Waals surface area contributed by atoms with Crippen LogP contribution in [-0.4, -0.2) is 25.9 Å². The SMILES string of the molecule is O.Oc1cccc(F)c1-c1cc(C(F)F)no1.[O-][NH2+]c1ccc(Oc2cccc(F)c2-c2cc(C(F)F)no2)nc1. The fourth-order valence-corrected chi connectivity index (χ4v) is 3.24. The Morgan fingerprint density at radius 3 is 1.85 bits per heavy atom. The molecule has 16 heteroatoms. The van der Waals surface area contributed by atoms with E-state index in [2.05, 4.69) is 19.8 Å². The van der Waals surface area contributed by atoms with Gasteiger partial charge in [-0.15, -0.1) is 0 Å². The number of benzene rings is 2. The summed E-state index contributed by atoms with van der Waals surface area (Å²) in [7, 11) is 0. The molecule has 0 fully saturated rings. The average molecular weight is 584 g/mol. The van der Waals surface area contributed by atoms with Crippen molar-refractivity contribution in [3.05, 3.63) is 95.1 Å². The van der Waals surface area contributed by atoms with E-state index in [1.54, 1.807) is 0 Å². The number of aromatic nitrogens is 3. The van der Waals surface area contributed by atoms with Gasteiger partial charge in [-0.1, -0.05) is 22.4 Å². The number of ether oxygens (including phenoxy) is 1. The van der Waals surface area contributed by atoms with E-state index in [0.717, 1.165) is 24.3 Å². The van der Waals surface area contributed by atoms with Crippen molar-refractivity contribution in [2.24, 2.45) is 0 Å². The van der Waals surface area contributed by atoms with E-state index >= 15 is 0 Å². The van der Waals surface area contributed by atoms with Crippen LogP contribution < -0.4 is 10.2 Å². The molecule has 41 heavy (non-hydrogen) atoms. The first kappa shape index (κ1) is 30.6. The van der Waals surface area contributed by atoms with Crippen molar-refractivity contribution < 1.29 is 56.2 Å². The Morgan fingerprint density at radius 1 is 0.805 bits per heavy atom. The van der Waals surface area contributed by atoms with E-state index in [9.17, 15) is 36.7 Å². The Bertz CT molecular complexity index is 1560. The molecule has 0 radical (unpaired) electrons. The topological polar surface area (TPSA) is 166 Å². The highest BCUT2D eigenvalue weighted by Crippen LogP contribution is 2.37. The average Bonchev–Trinajstić information content (AvgIpc) is 3.61. The van der Waals surface area contributed by atoms with Gasteiger partial charge in [0, 0.05) is 24.3 Å². The van der Waals surface area contributed by atoms with Gasteiger partial charge in [0.25, 0.3) is 12.9 Å². The van der Waals surface area contributed by atoms with Crippen molar-refractivity contribution in [3.8, 4) is 40.0 Å². The van der Waals surface area contributed by atoms with Gasteiger partial charge in [-0.05, 0) is 24.3 Å². The molecule has 10 nitrogen and oxygen atoms in total. The monoisotopic (exact) mass is 584 g/mol. The second-order valence-electron chi connectivity index (χ2n) is 7.73. The molecular weight excluding hydrogens is 566 g/mol. The van der Waals surface area contributed by atoms with Gasteiger partial charge in [0.15, 0.2) is 11.5 Å². The summed E-state index contributed by atoms with van der Waals surface area (Å²) in [5, 5.41) is 26.3. The summed E-state index contributed by atoms with van der Waals surface area (Å²) in [6.45, 7) is 0. The molecule has 0 saturated carbocycles. The fourth-order valence-electron chi connectivity index (χ4n) is 3.24. The van der Waals surface area contributed by atoms with Crippen molar-refractivity contribution in [1.82, 2.24) is 15.3 Å². The molecule has 0 bridgehead atoms. The van der Waals surface area contributed by atoms with Crippen molar-refractivity contribution in [3.63, 3.8) is 0 Å². The maximum atomic E-state index is 14.1. The summed E-state index contributed by atoms with van der Waals surface area (Å²) in [5.41, 5.74) is -0.672. The lowest BCUT2D eigenvalue weighted by Crippen LogP contribution is -2.70. The third-order valence-corrected chi connectivity index (χ3v) is 5.07. The van der Waals surface area contributed by atoms with Gasteiger partial charge in [-0.2, -0.15) is 0 Å². The lowest BCUT2D eigenvalue weighted by Gasteiger charge is -2.09. The number of phenolic OH excluding ortho intramolecular Hbond substituents is 1. The van der Waals surface area contributed by atoms with Crippen LogP contribution in [0.4, 0.5) is 32.0 Å². The van der Waals surface area contributed by atoms with Gasteiger partial charge in [-0.25, -0.2) is 31.3 Å². The highest BCUT2D eigenvalue weighted by molar-refractivity contribution is 5.67. The van der Waals surface area contributed by atoms with Crippen molar-refractivity contribution in [1.29, 1.82) is 0 Å². The molecule has 0 unspecified atom stereocenters. The molecule has 0 saturated heterocycles. The van der Waals surface area contributed by atoms with E-state index in [-0.39, 0.29) is 39.8 Å². The minimum Gasteiger partial charge on any atom is -0.630 e. The van der Waals surface area contributed by atoms with E-state index in [1.807, 2.05) is 0 Å². The molecule has 5 rings (SSSR count). The summed E-state index contributed by atoms with van der Waals surface area (Å²) < 4.78 is 92.0. The number of rotatable bonds is 7. The van der Waals surface area contributed by atoms with E-state index in [4.69, 9.17) is 9.26 Å². The van der Waals surface area contributed by atoms with Gasteiger partial charge >= 0.3 is 0 Å². The highest BCUT2D eigenvalue weighted by atomic mass is 19.3. The first-order valence-electron chi connectivity index (χ1n) is 11.0. The van der Waals surface area contributed by atoms with Crippen molar-refractivity contribution in [2.45, 2.75) is 12.9 Å². The molecule has 0 atom stereocenters. The van der Waals surface area contributed by atoms with Gasteiger partial charge < -0.3 is 35.1 Å². The molecule has 0 aliphatic rings. The Morgan fingerprint density at radius 2 is 1.37 bits per heavy atom. The molecule has 0 amide bonds. The van der Waals surface area contributed by atoms with Gasteiger partial charge in [0.05, 0.1) is 17.3 Å². The Kier molecular flexibility index (Phi) is 10.0. The number of nitrogens with zero attached hydrogens (tertiary/aromatic N) is 3. The molecule has 0 aliphatic carbocycles. The maximum Gasteiger partial charge on any atom is 0.283 e. The third-order valence-electron chi connectivity index (χ3n) is 5.07. The van der Waals surface area contributed by atoms with Gasteiger partial charge in [-0.3, -0.25) is 0 Å². The number of alkyl halides is 4. The van der Waals surface area contributed by atoms with Crippen LogP contribution in [-0.2, 0) is 0 Å². The molecule has 0 spiro atoms. The minimum absolute atomic E-state index is 0. The Balaban J connectivity index is 0.000000238. The van der Waals surface area contributed by atoms with Gasteiger partial charge in [0.2, 0.25) is 5.88 Å². The zero-order valence-electron chi connectivity index (χ0n) is 20.3. The molecular formula is C25H18F6N4O6. The molecule has 5 aromatic rings. The van der Waals surface area contributed by atoms with Gasteiger partial charge in [0.1, 0.15) is 40.2 Å². The van der Waals surface area contributed by atoms with Crippen molar-refractivity contribution >= 4 is 5.69 Å². The maximum absolute atomic E-state index is 14.1. The summed E-state index contributed by atoms with van der Waals surface area (Å²) >= 11 is 0. The number of nitrogens with two attached hydrogens (primary N) is 1. The third kappa shape index (κ3) is 7.18. The number of phenols is 1. The number of hydrogen-bond acceptors (Lipinski definition) is 8. The summed E-state index contributed by atoms with van der Waals surface area (Å²) in [5.74, 6) is -2.20. The number of halogens is 6. The number of quaternary nitrogens is 1. The normalized spacial score (nSPS) is 10.8. The minimum atomic E-state index is -2.84. The molecule has 3 heterocycles. The lowest BCUT2D eigenvalue weighted by atomic mass is 10.1. The fraction of sp³-hybridized carbons (Fsp3) is 0.0800. The summed E-state index contributed by atoms with van der Waals surface area (Å²) in [6.07, 6.45) is -4.35. The largest absolute Gasteiger partial charge is 0.630 e. The van der Waals surface area contributed by atoms with Crippen LogP contribution >= 0.6 is 0 Å². The van der Waals surface area contributed by atoms with E-state index < -0.39 is 41.6 Å². The quantitative estimate of drug-likeness (QED) is 0.184. The van der Waals surface area contributed by atoms with Crippen LogP contribution in [0.1, 0.15) is 24.2 Å². The molecule has 216 valence electrons. The van der Waals surface area contributed by atoms with Crippen LogP contribution in [0.2, 0.25) is 0 Å². The highest BCUT2D eigenvalue weighted by Gasteiger charge is 2.21. The van der Waals surface area contributed by atoms with Crippen LogP contribution in [0.3, 0.4) is 0 Å². The van der Waals surface area contributed by atoms with Crippen LogP contribution in [0.25, 0.3) is 22.6 Å². The summed E-state index contributed by atoms with van der Waals surface area (Å²) in [6, 6.07) is 12.3. The molecule has 2 aromatic carbocycles. The second-order valence-corrected chi connectivity index (χ2v) is 7.73. The zero-order valence-corrected chi connectivity index (χ0v) is 20.3. The zero-order chi connectivity index (χ0) is 28.8. The Hall–Kier alpha value is -4.93. The number of hydrogen-bond donors (Lipinski definition) is 2. The molecule has 3 aromatic heterocycles. The summed E-state index contributed by atoms with van der Waals surface area (Å²) in [4.78, 5) is 3.90. The second kappa shape index (κ2) is 13.4. The smallest absolute Gasteiger partial charge is 0.283 e. The standard InChI is InChI=1S/C15H10F3N3O3.C10H6F3NO2.H2O/c16-9-2-1-3-11(23-13-5-4-8(20-22)7-19-13)14(9)12-6-10(15(17)18)21-24-12;11-5-2-1-3-7(15)9(5)8-4-6(10(12)13)14-16-8;/h1-7,15H,20H2;1-4,10,15H;1H2. The molecule has 5 N–H and O–H groups in total. The lowest BCUT2D eigenvalue weighted by molar-refractivity contribution is -0.497. The van der Waals surface area contributed by atoms with Crippen LogP contribution in [0, 0.1) is 16.8 Å². The first-order chi connectivity index (χ1) is 19.2. The first-order valence-corrected chi connectivity index (χ1v) is 11.0. The molecule has 0 aliphatic heterocycles. The van der Waals surface area contributed by atoms with E-state index in [0.29, 0.717) is 11.2 Å². The van der Waals surface area contributed by atoms with Crippen LogP contribution in [0.5, 0.6) is 17.4 Å². The van der Waals surface area contributed by atoms with Crippen LogP contribution in [0.15, 0.2) is 75.9 Å². The number of pyridine rings is 1. The number of aromatic hydroxyl groups is 1.